The summed E-state index contributed by atoms with van der Waals surface area (Å²) in [6, 6.07) is 7.20. The molecule has 1 aliphatic heterocycles. The van der Waals surface area contributed by atoms with E-state index in [1.54, 1.807) is 0 Å². The number of carbonyl (C=O) groups is 1. The molecule has 1 amide bonds. The number of nitrogens with zero attached hydrogens (tertiary/aromatic N) is 1. The summed E-state index contributed by atoms with van der Waals surface area (Å²) in [5.41, 5.74) is -0.296. The maximum absolute atomic E-state index is 13.2. The zero-order valence-electron chi connectivity index (χ0n) is 14.8. The predicted octanol–water partition coefficient (Wildman–Crippen LogP) is 4.81. The molecule has 2 aromatic carbocycles. The number of hydrogen-bond acceptors (Lipinski definition) is 2. The zero-order valence-corrected chi connectivity index (χ0v) is 14.8. The van der Waals surface area contributed by atoms with Gasteiger partial charge in [-0.25, -0.2) is 8.78 Å². The number of benzene rings is 2. The Morgan fingerprint density at radius 3 is 2.32 bits per heavy atom. The van der Waals surface area contributed by atoms with Crippen LogP contribution in [0.2, 0.25) is 0 Å². The third kappa shape index (κ3) is 5.07. The van der Waals surface area contributed by atoms with E-state index in [4.69, 9.17) is 4.74 Å². The minimum absolute atomic E-state index is 0.00164. The molecular weight excluding hydrogens is 381 g/mol. The van der Waals surface area contributed by atoms with Crippen LogP contribution in [-0.2, 0) is 17.5 Å². The number of alkyl halides is 3. The zero-order chi connectivity index (χ0) is 20.3. The summed E-state index contributed by atoms with van der Waals surface area (Å²) in [5.74, 6) is -1.76. The Bertz CT molecular complexity index is 815. The Morgan fingerprint density at radius 1 is 1.07 bits per heavy atom. The Labute approximate surface area is 158 Å². The second kappa shape index (κ2) is 8.26. The van der Waals surface area contributed by atoms with Crippen molar-refractivity contribution in [2.45, 2.75) is 31.7 Å². The van der Waals surface area contributed by atoms with Crippen molar-refractivity contribution in [3.8, 4) is 0 Å². The predicted molar refractivity (Wildman–Crippen MR) is 91.5 cm³/mol. The largest absolute Gasteiger partial charge is 0.416 e. The van der Waals surface area contributed by atoms with E-state index in [0.29, 0.717) is 24.9 Å². The molecule has 0 saturated carbocycles. The normalized spacial score (nSPS) is 17.6. The lowest BCUT2D eigenvalue weighted by Gasteiger charge is -2.32. The number of likely N-dealkylation sites (tertiary alicyclic amines) is 1. The minimum atomic E-state index is -4.46. The molecule has 1 heterocycles. The van der Waals surface area contributed by atoms with Crippen molar-refractivity contribution < 1.29 is 31.5 Å². The van der Waals surface area contributed by atoms with Gasteiger partial charge in [-0.05, 0) is 54.8 Å². The van der Waals surface area contributed by atoms with E-state index in [0.717, 1.165) is 30.3 Å². The molecule has 0 aliphatic carbocycles. The average molecular weight is 399 g/mol. The highest BCUT2D eigenvalue weighted by Crippen LogP contribution is 2.29. The highest BCUT2D eigenvalue weighted by molar-refractivity contribution is 5.94. The SMILES string of the molecule is O=C(c1ccc(C(F)(F)F)cc1)N1CCC[C@H](OCc2cc(F)cc(F)c2)C1. The molecule has 2 aromatic rings. The Kier molecular flexibility index (Phi) is 5.98. The van der Waals surface area contributed by atoms with Crippen LogP contribution in [-0.4, -0.2) is 30.0 Å². The maximum Gasteiger partial charge on any atom is 0.416 e. The lowest BCUT2D eigenvalue weighted by molar-refractivity contribution is -0.137. The fraction of sp³-hybridized carbons (Fsp3) is 0.350. The second-order valence-electron chi connectivity index (χ2n) is 6.68. The third-order valence-corrected chi connectivity index (χ3v) is 4.53. The van der Waals surface area contributed by atoms with Gasteiger partial charge in [-0.1, -0.05) is 0 Å². The van der Waals surface area contributed by atoms with E-state index in [9.17, 15) is 26.7 Å². The Morgan fingerprint density at radius 2 is 1.71 bits per heavy atom. The van der Waals surface area contributed by atoms with Gasteiger partial charge in [0, 0.05) is 24.7 Å². The van der Waals surface area contributed by atoms with Crippen molar-refractivity contribution in [2.75, 3.05) is 13.1 Å². The van der Waals surface area contributed by atoms with Gasteiger partial charge in [0.25, 0.3) is 5.91 Å². The van der Waals surface area contributed by atoms with E-state index in [1.165, 1.54) is 17.0 Å². The van der Waals surface area contributed by atoms with Crippen LogP contribution in [0.15, 0.2) is 42.5 Å². The highest BCUT2D eigenvalue weighted by atomic mass is 19.4. The fourth-order valence-corrected chi connectivity index (χ4v) is 3.15. The first-order valence-electron chi connectivity index (χ1n) is 8.75. The van der Waals surface area contributed by atoms with E-state index >= 15 is 0 Å². The quantitative estimate of drug-likeness (QED) is 0.691. The molecular formula is C20H18F5NO2. The summed E-state index contributed by atoms with van der Waals surface area (Å²) in [6.07, 6.45) is -3.44. The van der Waals surface area contributed by atoms with Gasteiger partial charge in [-0.2, -0.15) is 13.2 Å². The molecule has 8 heteroatoms. The highest BCUT2D eigenvalue weighted by Gasteiger charge is 2.31. The number of piperidine rings is 1. The molecule has 150 valence electrons. The van der Waals surface area contributed by atoms with Crippen molar-refractivity contribution in [2.24, 2.45) is 0 Å². The van der Waals surface area contributed by atoms with Crippen LogP contribution in [0.1, 0.15) is 34.3 Å². The topological polar surface area (TPSA) is 29.5 Å². The van der Waals surface area contributed by atoms with Gasteiger partial charge in [0.1, 0.15) is 11.6 Å². The first kappa shape index (κ1) is 20.3. The van der Waals surface area contributed by atoms with Crippen LogP contribution in [0.5, 0.6) is 0 Å². The molecule has 28 heavy (non-hydrogen) atoms. The molecule has 1 atom stereocenters. The standard InChI is InChI=1S/C20H18F5NO2/c21-16-8-13(9-17(22)10-16)12-28-18-2-1-7-26(11-18)19(27)14-3-5-15(6-4-14)20(23,24)25/h3-6,8-10,18H,1-2,7,11-12H2/t18-/m0/s1. The lowest BCUT2D eigenvalue weighted by Crippen LogP contribution is -2.43. The number of amides is 1. The van der Waals surface area contributed by atoms with Crippen LogP contribution in [0.25, 0.3) is 0 Å². The van der Waals surface area contributed by atoms with Crippen molar-refractivity contribution in [1.82, 2.24) is 4.90 Å². The van der Waals surface area contributed by atoms with Crippen molar-refractivity contribution in [3.05, 3.63) is 70.8 Å². The number of carbonyl (C=O) groups excluding carboxylic acids is 1. The van der Waals surface area contributed by atoms with Gasteiger partial charge >= 0.3 is 6.18 Å². The minimum Gasteiger partial charge on any atom is -0.372 e. The van der Waals surface area contributed by atoms with Crippen LogP contribution >= 0.6 is 0 Å². The smallest absolute Gasteiger partial charge is 0.372 e. The van der Waals surface area contributed by atoms with Gasteiger partial charge < -0.3 is 9.64 Å². The molecule has 3 rings (SSSR count). The van der Waals surface area contributed by atoms with Gasteiger partial charge in [-0.3, -0.25) is 4.79 Å². The van der Waals surface area contributed by atoms with Crippen LogP contribution in [0.3, 0.4) is 0 Å². The van der Waals surface area contributed by atoms with Crippen LogP contribution in [0, 0.1) is 11.6 Å². The van der Waals surface area contributed by atoms with Gasteiger partial charge in [-0.15, -0.1) is 0 Å². The third-order valence-electron chi connectivity index (χ3n) is 4.53. The van der Waals surface area contributed by atoms with Gasteiger partial charge in [0.05, 0.1) is 18.3 Å². The Hall–Kier alpha value is -2.48. The number of rotatable bonds is 4. The molecule has 0 spiro atoms. The monoisotopic (exact) mass is 399 g/mol. The average Bonchev–Trinajstić information content (AvgIpc) is 2.65. The summed E-state index contributed by atoms with van der Waals surface area (Å²) in [5, 5.41) is 0. The molecule has 0 unspecified atom stereocenters. The second-order valence-corrected chi connectivity index (χ2v) is 6.68. The van der Waals surface area contributed by atoms with E-state index in [2.05, 4.69) is 0 Å². The summed E-state index contributed by atoms with van der Waals surface area (Å²) >= 11 is 0. The maximum atomic E-state index is 13.2. The molecule has 0 N–H and O–H groups in total. The summed E-state index contributed by atoms with van der Waals surface area (Å²) in [4.78, 5) is 14.1. The molecule has 3 nitrogen and oxygen atoms in total. The van der Waals surface area contributed by atoms with E-state index in [1.807, 2.05) is 0 Å². The Balaban J connectivity index is 1.60. The molecule has 0 bridgehead atoms. The first-order chi connectivity index (χ1) is 13.2. The van der Waals surface area contributed by atoms with Crippen LogP contribution < -0.4 is 0 Å². The summed E-state index contributed by atoms with van der Waals surface area (Å²) < 4.78 is 70.1. The number of ether oxygens (including phenoxy) is 1. The number of halogens is 5. The summed E-state index contributed by atoms with van der Waals surface area (Å²) in [6.45, 7) is 0.730. The van der Waals surface area contributed by atoms with Crippen LogP contribution in [0.4, 0.5) is 22.0 Å². The first-order valence-corrected chi connectivity index (χ1v) is 8.75. The summed E-state index contributed by atoms with van der Waals surface area (Å²) in [7, 11) is 0. The molecule has 0 radical (unpaired) electrons. The molecule has 1 saturated heterocycles. The lowest BCUT2D eigenvalue weighted by atomic mass is 10.1. The molecule has 0 aromatic heterocycles. The van der Waals surface area contributed by atoms with Crippen molar-refractivity contribution in [3.63, 3.8) is 0 Å². The fourth-order valence-electron chi connectivity index (χ4n) is 3.15. The number of hydrogen-bond donors (Lipinski definition) is 0. The van der Waals surface area contributed by atoms with Gasteiger partial charge in [0.15, 0.2) is 0 Å². The van der Waals surface area contributed by atoms with Gasteiger partial charge in [0.2, 0.25) is 0 Å². The van der Waals surface area contributed by atoms with Crippen molar-refractivity contribution in [1.29, 1.82) is 0 Å². The van der Waals surface area contributed by atoms with E-state index in [-0.39, 0.29) is 30.7 Å². The van der Waals surface area contributed by atoms with E-state index < -0.39 is 23.4 Å². The molecule has 1 aliphatic rings. The van der Waals surface area contributed by atoms with Crippen molar-refractivity contribution >= 4 is 5.91 Å². The molecule has 1 fully saturated rings.